The number of amides is 4. The van der Waals surface area contributed by atoms with E-state index in [0.717, 1.165) is 31.2 Å². The van der Waals surface area contributed by atoms with Crippen LogP contribution in [0, 0.1) is 11.8 Å². The Balaban J connectivity index is 1.46. The molecule has 1 unspecified atom stereocenters. The molecule has 0 aromatic heterocycles. The summed E-state index contributed by atoms with van der Waals surface area (Å²) in [6.07, 6.45) is 4.51. The van der Waals surface area contributed by atoms with Gasteiger partial charge in [-0.25, -0.2) is 4.79 Å². The van der Waals surface area contributed by atoms with Crippen LogP contribution in [0.1, 0.15) is 50.1 Å². The Morgan fingerprint density at radius 3 is 2.55 bits per heavy atom. The molecule has 2 saturated carbocycles. The van der Waals surface area contributed by atoms with Gasteiger partial charge in [0.05, 0.1) is 6.04 Å². The number of carbonyl (C=O) groups excluding carboxylic acids is 3. The van der Waals surface area contributed by atoms with E-state index in [2.05, 4.69) is 20.7 Å². The molecular weight excluding hydrogens is 384 g/mol. The van der Waals surface area contributed by atoms with E-state index < -0.39 is 24.1 Å². The first-order valence-corrected chi connectivity index (χ1v) is 9.85. The molecule has 29 heavy (non-hydrogen) atoms. The number of rotatable bonds is 6. The normalized spacial score (nSPS) is 27.5. The van der Waals surface area contributed by atoms with Gasteiger partial charge in [-0.3, -0.25) is 14.9 Å². The highest BCUT2D eigenvalue weighted by molar-refractivity contribution is 6.08. The summed E-state index contributed by atoms with van der Waals surface area (Å²) in [5.41, 5.74) is -0.253. The second kappa shape index (κ2) is 7.61. The van der Waals surface area contributed by atoms with E-state index in [4.69, 9.17) is 0 Å². The zero-order valence-corrected chi connectivity index (χ0v) is 15.8. The predicted molar refractivity (Wildman–Crippen MR) is 98.0 cm³/mol. The summed E-state index contributed by atoms with van der Waals surface area (Å²) in [5.74, 6) is -0.701. The smallest absolute Gasteiger partial charge is 0.387 e. The molecule has 4 rings (SSSR count). The van der Waals surface area contributed by atoms with Crippen molar-refractivity contribution < 1.29 is 27.9 Å². The van der Waals surface area contributed by atoms with Crippen molar-refractivity contribution in [3.63, 3.8) is 0 Å². The maximum absolute atomic E-state index is 12.8. The lowest BCUT2D eigenvalue weighted by atomic mass is 9.67. The van der Waals surface area contributed by atoms with Gasteiger partial charge in [0.15, 0.2) is 0 Å². The largest absolute Gasteiger partial charge is 0.435 e. The fraction of sp³-hybridized carbons (Fsp3) is 0.550. The fourth-order valence-corrected chi connectivity index (χ4v) is 4.70. The van der Waals surface area contributed by atoms with Crippen LogP contribution >= 0.6 is 0 Å². The quantitative estimate of drug-likeness (QED) is 0.632. The minimum Gasteiger partial charge on any atom is -0.435 e. The Morgan fingerprint density at radius 1 is 1.21 bits per heavy atom. The minimum atomic E-state index is -2.91. The van der Waals surface area contributed by atoms with Gasteiger partial charge in [0.25, 0.3) is 5.91 Å². The molecule has 0 radical (unpaired) electrons. The maximum atomic E-state index is 12.8. The van der Waals surface area contributed by atoms with Crippen LogP contribution in [0.5, 0.6) is 5.75 Å². The summed E-state index contributed by atoms with van der Waals surface area (Å²) in [6, 6.07) is 5.60. The number of halogens is 2. The van der Waals surface area contributed by atoms with Gasteiger partial charge in [0.2, 0.25) is 5.91 Å². The number of nitrogens with one attached hydrogen (secondary N) is 3. The summed E-state index contributed by atoms with van der Waals surface area (Å²) >= 11 is 0. The molecule has 1 aromatic rings. The first-order valence-electron chi connectivity index (χ1n) is 9.85. The van der Waals surface area contributed by atoms with E-state index in [0.29, 0.717) is 0 Å². The Kier molecular flexibility index (Phi) is 5.14. The summed E-state index contributed by atoms with van der Waals surface area (Å²) < 4.78 is 29.7. The molecule has 3 aliphatic rings. The molecule has 9 heteroatoms. The fourth-order valence-electron chi connectivity index (χ4n) is 4.70. The minimum absolute atomic E-state index is 0.0580. The molecule has 1 heterocycles. The van der Waals surface area contributed by atoms with Gasteiger partial charge in [-0.2, -0.15) is 8.78 Å². The average Bonchev–Trinajstić information content (AvgIpc) is 3.25. The third-order valence-corrected chi connectivity index (χ3v) is 6.19. The van der Waals surface area contributed by atoms with Crippen LogP contribution in [0.2, 0.25) is 0 Å². The number of hydrogen-bond donors (Lipinski definition) is 3. The third-order valence-electron chi connectivity index (χ3n) is 6.19. The molecule has 1 saturated heterocycles. The van der Waals surface area contributed by atoms with Crippen LogP contribution in [0.3, 0.4) is 0 Å². The predicted octanol–water partition coefficient (Wildman–Crippen LogP) is 2.62. The first kappa shape index (κ1) is 19.6. The highest BCUT2D eigenvalue weighted by atomic mass is 19.3. The Labute approximate surface area is 166 Å². The van der Waals surface area contributed by atoms with Crippen molar-refractivity contribution in [3.05, 3.63) is 29.8 Å². The van der Waals surface area contributed by atoms with Crippen molar-refractivity contribution in [2.45, 2.75) is 56.7 Å². The summed E-state index contributed by atoms with van der Waals surface area (Å²) in [7, 11) is 0. The van der Waals surface area contributed by atoms with Gasteiger partial charge in [-0.05, 0) is 49.3 Å². The van der Waals surface area contributed by atoms with Gasteiger partial charge >= 0.3 is 12.6 Å². The summed E-state index contributed by atoms with van der Waals surface area (Å²) in [4.78, 5) is 36.2. The van der Waals surface area contributed by atoms with Gasteiger partial charge in [-0.15, -0.1) is 0 Å². The molecule has 1 aromatic carbocycles. The van der Waals surface area contributed by atoms with Crippen LogP contribution in [0.15, 0.2) is 24.3 Å². The van der Waals surface area contributed by atoms with Crippen LogP contribution < -0.4 is 20.7 Å². The lowest BCUT2D eigenvalue weighted by Crippen LogP contribution is -2.60. The maximum Gasteiger partial charge on any atom is 0.387 e. The molecule has 3 fully saturated rings. The van der Waals surface area contributed by atoms with Crippen molar-refractivity contribution in [1.29, 1.82) is 0 Å². The molecular formula is C20H23F2N3O4. The molecule has 1 spiro atoms. The average molecular weight is 407 g/mol. The van der Waals surface area contributed by atoms with E-state index in [1.54, 1.807) is 18.2 Å². The summed E-state index contributed by atoms with van der Waals surface area (Å²) in [6.45, 7) is -2.91. The number of ether oxygens (including phenoxy) is 1. The second-order valence-electron chi connectivity index (χ2n) is 8.08. The molecule has 0 bridgehead atoms. The number of carbonyl (C=O) groups is 3. The molecule has 3 N–H and O–H groups in total. The number of alkyl halides is 2. The number of imide groups is 1. The van der Waals surface area contributed by atoms with Crippen molar-refractivity contribution in [3.8, 4) is 5.75 Å². The molecule has 4 amide bonds. The lowest BCUT2D eigenvalue weighted by Gasteiger charge is -2.42. The van der Waals surface area contributed by atoms with Crippen molar-refractivity contribution in [2.75, 3.05) is 0 Å². The molecule has 1 atom stereocenters. The van der Waals surface area contributed by atoms with Crippen molar-refractivity contribution in [2.24, 2.45) is 11.8 Å². The van der Waals surface area contributed by atoms with Crippen LogP contribution in [0.25, 0.3) is 0 Å². The van der Waals surface area contributed by atoms with E-state index in [1.165, 1.54) is 6.07 Å². The van der Waals surface area contributed by atoms with Gasteiger partial charge in [0, 0.05) is 5.92 Å². The zero-order valence-electron chi connectivity index (χ0n) is 15.8. The van der Waals surface area contributed by atoms with E-state index >= 15 is 0 Å². The molecule has 7 nitrogen and oxygen atoms in total. The number of benzene rings is 1. The standard InChI is InChI=1S/C20H23F2N3O4/c21-18(22)29-14-7-3-6-12(8-14)15(11-4-1-2-5-11)23-16(26)13-9-20(10-13)17(27)24-19(28)25-20/h3,6-8,11,13,15,18H,1-2,4-5,9-10H2,(H,23,26)(H2,24,25,27,28). The van der Waals surface area contributed by atoms with Crippen molar-refractivity contribution >= 4 is 17.8 Å². The van der Waals surface area contributed by atoms with Crippen LogP contribution in [0.4, 0.5) is 13.6 Å². The van der Waals surface area contributed by atoms with Gasteiger partial charge < -0.3 is 15.4 Å². The Hall–Kier alpha value is -2.71. The zero-order chi connectivity index (χ0) is 20.6. The highest BCUT2D eigenvalue weighted by Crippen LogP contribution is 2.42. The Morgan fingerprint density at radius 2 is 1.93 bits per heavy atom. The summed E-state index contributed by atoms with van der Waals surface area (Å²) in [5, 5.41) is 7.87. The second-order valence-corrected chi connectivity index (χ2v) is 8.08. The topological polar surface area (TPSA) is 96.5 Å². The highest BCUT2D eigenvalue weighted by Gasteiger charge is 2.57. The molecule has 2 aliphatic carbocycles. The first-order chi connectivity index (χ1) is 13.9. The number of hydrogen-bond acceptors (Lipinski definition) is 4. The monoisotopic (exact) mass is 407 g/mol. The number of urea groups is 1. The molecule has 1 aliphatic heterocycles. The van der Waals surface area contributed by atoms with Crippen LogP contribution in [-0.4, -0.2) is 30.0 Å². The van der Waals surface area contributed by atoms with Gasteiger partial charge in [0.1, 0.15) is 11.3 Å². The molecule has 156 valence electrons. The van der Waals surface area contributed by atoms with E-state index in [-0.39, 0.29) is 42.4 Å². The lowest BCUT2D eigenvalue weighted by molar-refractivity contribution is -0.137. The third kappa shape index (κ3) is 3.90. The van der Waals surface area contributed by atoms with E-state index in [9.17, 15) is 23.2 Å². The SMILES string of the molecule is O=C1NC(=O)C2(CC(C(=O)NC(c3cccc(OC(F)F)c3)C3CCCC3)C2)N1. The Bertz CT molecular complexity index is 820. The van der Waals surface area contributed by atoms with E-state index in [1.807, 2.05) is 0 Å². The van der Waals surface area contributed by atoms with Crippen LogP contribution in [-0.2, 0) is 9.59 Å². The van der Waals surface area contributed by atoms with Crippen molar-refractivity contribution in [1.82, 2.24) is 16.0 Å². The van der Waals surface area contributed by atoms with Gasteiger partial charge in [-0.1, -0.05) is 25.0 Å².